The van der Waals surface area contributed by atoms with Crippen LogP contribution in [0.3, 0.4) is 0 Å². The van der Waals surface area contributed by atoms with Gasteiger partial charge < -0.3 is 4.57 Å². The third-order valence-electron chi connectivity index (χ3n) is 4.80. The second-order valence-corrected chi connectivity index (χ2v) is 6.63. The fraction of sp³-hybridized carbons (Fsp3) is 0.364. The van der Waals surface area contributed by atoms with Gasteiger partial charge in [-0.05, 0) is 48.1 Å². The maximum absolute atomic E-state index is 13.2. The van der Waals surface area contributed by atoms with Crippen LogP contribution in [-0.2, 0) is 6.54 Å². The minimum Gasteiger partial charge on any atom is -0.343 e. The summed E-state index contributed by atoms with van der Waals surface area (Å²) >= 11 is 0. The first-order valence-corrected chi connectivity index (χ1v) is 9.05. The molecule has 126 valence electrons. The Labute approximate surface area is 144 Å². The van der Waals surface area contributed by atoms with E-state index in [1.54, 1.807) is 12.1 Å². The molecule has 0 radical (unpaired) electrons. The zero-order valence-electron chi connectivity index (χ0n) is 14.6. The van der Waals surface area contributed by atoms with Gasteiger partial charge in [0.15, 0.2) is 0 Å². The molecule has 0 saturated heterocycles. The zero-order chi connectivity index (χ0) is 16.9. The second-order valence-electron chi connectivity index (χ2n) is 6.63. The van der Waals surface area contributed by atoms with Gasteiger partial charge in [0.25, 0.3) is 0 Å². The Morgan fingerprint density at radius 3 is 2.25 bits per heavy atom. The van der Waals surface area contributed by atoms with E-state index in [-0.39, 0.29) is 5.82 Å². The molecule has 0 bridgehead atoms. The van der Waals surface area contributed by atoms with E-state index in [0.717, 1.165) is 12.1 Å². The van der Waals surface area contributed by atoms with Gasteiger partial charge in [-0.1, -0.05) is 57.0 Å². The lowest BCUT2D eigenvalue weighted by Gasteiger charge is -2.14. The molecule has 0 aliphatic heterocycles. The van der Waals surface area contributed by atoms with Gasteiger partial charge in [0, 0.05) is 23.6 Å². The summed E-state index contributed by atoms with van der Waals surface area (Å²) in [4.78, 5) is 0. The number of rotatable bonds is 7. The Bertz CT molecular complexity index is 779. The Morgan fingerprint density at radius 2 is 1.58 bits per heavy atom. The van der Waals surface area contributed by atoms with E-state index >= 15 is 0 Å². The lowest BCUT2D eigenvalue weighted by atomic mass is 9.90. The summed E-state index contributed by atoms with van der Waals surface area (Å²) in [5.74, 6) is 0.446. The summed E-state index contributed by atoms with van der Waals surface area (Å²) in [5, 5.41) is 1.37. The molecule has 0 aliphatic carbocycles. The van der Waals surface area contributed by atoms with E-state index in [1.807, 2.05) is 12.1 Å². The fourth-order valence-electron chi connectivity index (χ4n) is 3.67. The SMILES string of the molecule is CCCC(CCC)c1cn(Cc2ccc(F)cc2)c2ccccc12. The van der Waals surface area contributed by atoms with Gasteiger partial charge >= 0.3 is 0 Å². The first-order valence-electron chi connectivity index (χ1n) is 9.05. The van der Waals surface area contributed by atoms with Crippen LogP contribution in [0.2, 0.25) is 0 Å². The van der Waals surface area contributed by atoms with Crippen LogP contribution in [0.4, 0.5) is 4.39 Å². The molecule has 0 atom stereocenters. The van der Waals surface area contributed by atoms with Crippen molar-refractivity contribution in [1.82, 2.24) is 4.57 Å². The third-order valence-corrected chi connectivity index (χ3v) is 4.80. The highest BCUT2D eigenvalue weighted by atomic mass is 19.1. The van der Waals surface area contributed by atoms with Gasteiger partial charge in [-0.3, -0.25) is 0 Å². The average Bonchev–Trinajstić information content (AvgIpc) is 2.96. The molecule has 24 heavy (non-hydrogen) atoms. The van der Waals surface area contributed by atoms with Crippen molar-refractivity contribution >= 4 is 10.9 Å². The van der Waals surface area contributed by atoms with Crippen molar-refractivity contribution in [3.63, 3.8) is 0 Å². The number of hydrogen-bond donors (Lipinski definition) is 0. The molecule has 0 saturated carbocycles. The molecule has 0 unspecified atom stereocenters. The van der Waals surface area contributed by atoms with Crippen molar-refractivity contribution in [3.8, 4) is 0 Å². The van der Waals surface area contributed by atoms with Crippen LogP contribution in [0, 0.1) is 5.82 Å². The predicted octanol–water partition coefficient (Wildman–Crippen LogP) is 6.51. The Balaban J connectivity index is 2.00. The number of halogens is 1. The zero-order valence-corrected chi connectivity index (χ0v) is 14.6. The van der Waals surface area contributed by atoms with E-state index in [0.29, 0.717) is 5.92 Å². The molecule has 0 N–H and O–H groups in total. The highest BCUT2D eigenvalue weighted by Crippen LogP contribution is 2.34. The number of fused-ring (bicyclic) bond motifs is 1. The first kappa shape index (κ1) is 16.8. The molecular weight excluding hydrogens is 297 g/mol. The predicted molar refractivity (Wildman–Crippen MR) is 100.0 cm³/mol. The van der Waals surface area contributed by atoms with E-state index in [9.17, 15) is 4.39 Å². The van der Waals surface area contributed by atoms with E-state index in [1.165, 1.54) is 42.1 Å². The largest absolute Gasteiger partial charge is 0.343 e. The minimum atomic E-state index is -0.178. The summed E-state index contributed by atoms with van der Waals surface area (Å²) in [5.41, 5.74) is 3.87. The maximum atomic E-state index is 13.2. The van der Waals surface area contributed by atoms with E-state index in [2.05, 4.69) is 48.9 Å². The van der Waals surface area contributed by atoms with E-state index < -0.39 is 0 Å². The fourth-order valence-corrected chi connectivity index (χ4v) is 3.67. The van der Waals surface area contributed by atoms with Crippen molar-refractivity contribution in [2.75, 3.05) is 0 Å². The molecule has 1 nitrogen and oxygen atoms in total. The molecular formula is C22H26FN. The van der Waals surface area contributed by atoms with Gasteiger partial charge in [0.1, 0.15) is 5.82 Å². The molecule has 3 aromatic rings. The molecule has 0 fully saturated rings. The summed E-state index contributed by atoms with van der Waals surface area (Å²) in [6, 6.07) is 15.5. The Hall–Kier alpha value is -2.09. The van der Waals surface area contributed by atoms with Crippen LogP contribution in [-0.4, -0.2) is 4.57 Å². The van der Waals surface area contributed by atoms with Crippen LogP contribution in [0.25, 0.3) is 10.9 Å². The normalized spacial score (nSPS) is 11.5. The third kappa shape index (κ3) is 3.53. The number of aromatic nitrogens is 1. The lowest BCUT2D eigenvalue weighted by molar-refractivity contribution is 0.562. The summed E-state index contributed by atoms with van der Waals surface area (Å²) < 4.78 is 15.5. The summed E-state index contributed by atoms with van der Waals surface area (Å²) in [6.45, 7) is 5.31. The standard InChI is InChI=1S/C22H26FN/c1-3-7-18(8-4-2)21-16-24(22-10-6-5-9-20(21)22)15-17-11-13-19(23)14-12-17/h5-6,9-14,16,18H,3-4,7-8,15H2,1-2H3. The minimum absolute atomic E-state index is 0.178. The van der Waals surface area contributed by atoms with Crippen LogP contribution < -0.4 is 0 Å². The van der Waals surface area contributed by atoms with Crippen LogP contribution in [0.5, 0.6) is 0 Å². The van der Waals surface area contributed by atoms with Crippen molar-refractivity contribution in [2.45, 2.75) is 52.0 Å². The molecule has 1 heterocycles. The number of para-hydroxylation sites is 1. The Kier molecular flexibility index (Phi) is 5.34. The highest BCUT2D eigenvalue weighted by Gasteiger charge is 2.16. The van der Waals surface area contributed by atoms with Gasteiger partial charge in [-0.15, -0.1) is 0 Å². The molecule has 0 spiro atoms. The highest BCUT2D eigenvalue weighted by molar-refractivity contribution is 5.84. The number of benzene rings is 2. The average molecular weight is 323 g/mol. The summed E-state index contributed by atoms with van der Waals surface area (Å²) in [7, 11) is 0. The van der Waals surface area contributed by atoms with Crippen molar-refractivity contribution in [3.05, 3.63) is 71.7 Å². The molecule has 0 aliphatic rings. The van der Waals surface area contributed by atoms with Gasteiger partial charge in [0.05, 0.1) is 0 Å². The summed E-state index contributed by atoms with van der Waals surface area (Å²) in [6.07, 6.45) is 7.21. The number of nitrogens with zero attached hydrogens (tertiary/aromatic N) is 1. The molecule has 2 aromatic carbocycles. The quantitative estimate of drug-likeness (QED) is 0.467. The first-order chi connectivity index (χ1) is 11.7. The Morgan fingerprint density at radius 1 is 0.917 bits per heavy atom. The van der Waals surface area contributed by atoms with Crippen LogP contribution >= 0.6 is 0 Å². The second kappa shape index (κ2) is 7.65. The van der Waals surface area contributed by atoms with Crippen molar-refractivity contribution in [2.24, 2.45) is 0 Å². The van der Waals surface area contributed by atoms with Gasteiger partial charge in [-0.2, -0.15) is 0 Å². The topological polar surface area (TPSA) is 4.93 Å². The molecule has 2 heteroatoms. The smallest absolute Gasteiger partial charge is 0.123 e. The maximum Gasteiger partial charge on any atom is 0.123 e. The van der Waals surface area contributed by atoms with Gasteiger partial charge in [0.2, 0.25) is 0 Å². The van der Waals surface area contributed by atoms with Crippen molar-refractivity contribution < 1.29 is 4.39 Å². The van der Waals surface area contributed by atoms with Gasteiger partial charge in [-0.25, -0.2) is 4.39 Å². The monoisotopic (exact) mass is 323 g/mol. The number of hydrogen-bond acceptors (Lipinski definition) is 0. The van der Waals surface area contributed by atoms with Crippen LogP contribution in [0.1, 0.15) is 56.6 Å². The van der Waals surface area contributed by atoms with Crippen LogP contribution in [0.15, 0.2) is 54.7 Å². The molecule has 0 amide bonds. The molecule has 1 aromatic heterocycles. The molecule has 3 rings (SSSR count). The van der Waals surface area contributed by atoms with Crippen molar-refractivity contribution in [1.29, 1.82) is 0 Å². The lowest BCUT2D eigenvalue weighted by Crippen LogP contribution is -1.99. The van der Waals surface area contributed by atoms with E-state index in [4.69, 9.17) is 0 Å².